The Kier molecular flexibility index (Phi) is 4.64. The second-order valence-corrected chi connectivity index (χ2v) is 7.50. The maximum atomic E-state index is 11.2. The first-order valence-electron chi connectivity index (χ1n) is 7.61. The van der Waals surface area contributed by atoms with Gasteiger partial charge in [-0.25, -0.2) is 8.42 Å². The molecule has 0 unspecified atom stereocenters. The van der Waals surface area contributed by atoms with E-state index in [1.807, 2.05) is 30.3 Å². The van der Waals surface area contributed by atoms with Gasteiger partial charge in [-0.05, 0) is 30.7 Å². The van der Waals surface area contributed by atoms with Crippen molar-refractivity contribution in [1.29, 1.82) is 0 Å². The third-order valence-corrected chi connectivity index (χ3v) is 4.40. The van der Waals surface area contributed by atoms with Gasteiger partial charge in [0, 0.05) is 23.8 Å². The average Bonchev–Trinajstić information content (AvgIpc) is 3.01. The molecule has 2 N–H and O–H groups in total. The molecule has 0 radical (unpaired) electrons. The molecule has 0 saturated carbocycles. The molecule has 7 heteroatoms. The summed E-state index contributed by atoms with van der Waals surface area (Å²) in [4.78, 5) is 0. The second kappa shape index (κ2) is 6.70. The topological polar surface area (TPSA) is 76.7 Å². The van der Waals surface area contributed by atoms with E-state index in [4.69, 9.17) is 9.47 Å². The highest BCUT2D eigenvalue weighted by molar-refractivity contribution is 7.92. The highest BCUT2D eigenvalue weighted by Crippen LogP contribution is 2.35. The molecular formula is C17H20N2O4S. The van der Waals surface area contributed by atoms with Gasteiger partial charge in [0.2, 0.25) is 16.8 Å². The van der Waals surface area contributed by atoms with E-state index in [0.29, 0.717) is 12.2 Å². The van der Waals surface area contributed by atoms with Crippen LogP contribution in [0.4, 0.5) is 5.69 Å². The summed E-state index contributed by atoms with van der Waals surface area (Å²) in [6, 6.07) is 13.3. The van der Waals surface area contributed by atoms with Crippen molar-refractivity contribution in [3.8, 4) is 11.5 Å². The Bertz CT molecular complexity index is 819. The minimum absolute atomic E-state index is 0.107. The van der Waals surface area contributed by atoms with Crippen LogP contribution in [0.25, 0.3) is 0 Å². The molecule has 1 atom stereocenters. The SMILES string of the molecule is C[C@H](NCc1cccc2c1OCO2)c1ccc(NS(C)(=O)=O)cc1. The van der Waals surface area contributed by atoms with Crippen molar-refractivity contribution in [2.24, 2.45) is 0 Å². The van der Waals surface area contributed by atoms with Crippen LogP contribution < -0.4 is 19.5 Å². The average molecular weight is 348 g/mol. The molecule has 0 spiro atoms. The van der Waals surface area contributed by atoms with Gasteiger partial charge in [0.05, 0.1) is 6.26 Å². The van der Waals surface area contributed by atoms with Crippen LogP contribution in [0.5, 0.6) is 11.5 Å². The van der Waals surface area contributed by atoms with E-state index in [0.717, 1.165) is 28.9 Å². The number of fused-ring (bicyclic) bond motifs is 1. The Morgan fingerprint density at radius 2 is 1.88 bits per heavy atom. The molecule has 3 rings (SSSR count). The zero-order valence-electron chi connectivity index (χ0n) is 13.6. The molecule has 0 saturated heterocycles. The molecule has 0 amide bonds. The predicted molar refractivity (Wildman–Crippen MR) is 92.7 cm³/mol. The molecule has 2 aromatic carbocycles. The van der Waals surface area contributed by atoms with Gasteiger partial charge in [-0.15, -0.1) is 0 Å². The van der Waals surface area contributed by atoms with Crippen molar-refractivity contribution in [3.63, 3.8) is 0 Å². The van der Waals surface area contributed by atoms with Gasteiger partial charge < -0.3 is 14.8 Å². The first-order chi connectivity index (χ1) is 11.4. The van der Waals surface area contributed by atoms with E-state index >= 15 is 0 Å². The summed E-state index contributed by atoms with van der Waals surface area (Å²) in [5, 5.41) is 3.44. The molecule has 1 aliphatic rings. The smallest absolute Gasteiger partial charge is 0.231 e. The fraction of sp³-hybridized carbons (Fsp3) is 0.294. The molecule has 0 aliphatic carbocycles. The largest absolute Gasteiger partial charge is 0.454 e. The highest BCUT2D eigenvalue weighted by Gasteiger charge is 2.17. The van der Waals surface area contributed by atoms with Crippen LogP contribution in [0.15, 0.2) is 42.5 Å². The lowest BCUT2D eigenvalue weighted by Crippen LogP contribution is -2.18. The summed E-state index contributed by atoms with van der Waals surface area (Å²) in [6.45, 7) is 2.97. The van der Waals surface area contributed by atoms with Gasteiger partial charge in [0.1, 0.15) is 0 Å². The highest BCUT2D eigenvalue weighted by atomic mass is 32.2. The summed E-state index contributed by atoms with van der Waals surface area (Å²) >= 11 is 0. The minimum atomic E-state index is -3.25. The summed E-state index contributed by atoms with van der Waals surface area (Å²) in [5.41, 5.74) is 2.67. The monoisotopic (exact) mass is 348 g/mol. The molecule has 6 nitrogen and oxygen atoms in total. The van der Waals surface area contributed by atoms with E-state index in [-0.39, 0.29) is 12.8 Å². The summed E-state index contributed by atoms with van der Waals surface area (Å²) in [6.07, 6.45) is 1.13. The van der Waals surface area contributed by atoms with Crippen molar-refractivity contribution in [2.75, 3.05) is 17.8 Å². The van der Waals surface area contributed by atoms with Crippen molar-refractivity contribution >= 4 is 15.7 Å². The fourth-order valence-electron chi connectivity index (χ4n) is 2.56. The van der Waals surface area contributed by atoms with Crippen molar-refractivity contribution in [3.05, 3.63) is 53.6 Å². The van der Waals surface area contributed by atoms with Crippen molar-refractivity contribution in [2.45, 2.75) is 19.5 Å². The Morgan fingerprint density at radius 1 is 1.12 bits per heavy atom. The second-order valence-electron chi connectivity index (χ2n) is 5.75. The van der Waals surface area contributed by atoms with E-state index in [1.165, 1.54) is 0 Å². The van der Waals surface area contributed by atoms with Gasteiger partial charge in [-0.1, -0.05) is 24.3 Å². The van der Waals surface area contributed by atoms with Crippen LogP contribution in [0.1, 0.15) is 24.1 Å². The Labute approximate surface area is 141 Å². The van der Waals surface area contributed by atoms with Crippen LogP contribution in [0.3, 0.4) is 0 Å². The van der Waals surface area contributed by atoms with Gasteiger partial charge in [-0.3, -0.25) is 4.72 Å². The van der Waals surface area contributed by atoms with E-state index in [2.05, 4.69) is 17.0 Å². The first kappa shape index (κ1) is 16.6. The van der Waals surface area contributed by atoms with Crippen LogP contribution in [0, 0.1) is 0 Å². The normalized spacial score (nSPS) is 14.4. The number of para-hydroxylation sites is 1. The molecule has 0 bridgehead atoms. The lowest BCUT2D eigenvalue weighted by molar-refractivity contribution is 0.173. The van der Waals surface area contributed by atoms with Gasteiger partial charge in [0.25, 0.3) is 0 Å². The molecule has 1 heterocycles. The molecule has 2 aromatic rings. The number of benzene rings is 2. The predicted octanol–water partition coefficient (Wildman–Crippen LogP) is 2.64. The molecule has 0 fully saturated rings. The van der Waals surface area contributed by atoms with Gasteiger partial charge in [-0.2, -0.15) is 0 Å². The fourth-order valence-corrected chi connectivity index (χ4v) is 3.13. The van der Waals surface area contributed by atoms with Crippen molar-refractivity contribution in [1.82, 2.24) is 5.32 Å². The number of hydrogen-bond donors (Lipinski definition) is 2. The van der Waals surface area contributed by atoms with Crippen LogP contribution >= 0.6 is 0 Å². The van der Waals surface area contributed by atoms with Gasteiger partial charge >= 0.3 is 0 Å². The third-order valence-electron chi connectivity index (χ3n) is 3.79. The van der Waals surface area contributed by atoms with Crippen molar-refractivity contribution < 1.29 is 17.9 Å². The zero-order valence-corrected chi connectivity index (χ0v) is 14.4. The number of sulfonamides is 1. The lowest BCUT2D eigenvalue weighted by atomic mass is 10.1. The summed E-state index contributed by atoms with van der Waals surface area (Å²) in [7, 11) is -3.25. The molecule has 24 heavy (non-hydrogen) atoms. The number of anilines is 1. The maximum absolute atomic E-state index is 11.2. The summed E-state index contributed by atoms with van der Waals surface area (Å²) in [5.74, 6) is 1.57. The third kappa shape index (κ3) is 3.98. The van der Waals surface area contributed by atoms with E-state index in [1.54, 1.807) is 12.1 Å². The number of hydrogen-bond acceptors (Lipinski definition) is 5. The summed E-state index contributed by atoms with van der Waals surface area (Å²) < 4.78 is 35.8. The number of rotatable bonds is 6. The van der Waals surface area contributed by atoms with Gasteiger partial charge in [0.15, 0.2) is 11.5 Å². The molecular weight excluding hydrogens is 328 g/mol. The first-order valence-corrected chi connectivity index (χ1v) is 9.50. The standard InChI is InChI=1S/C17H20N2O4S/c1-12(13-6-8-15(9-7-13)19-24(2,20)21)18-10-14-4-3-5-16-17(14)23-11-22-16/h3-9,12,18-19H,10-11H2,1-2H3/t12-/m0/s1. The molecule has 128 valence electrons. The molecule has 1 aliphatic heterocycles. The Hall–Kier alpha value is -2.25. The number of nitrogens with one attached hydrogen (secondary N) is 2. The van der Waals surface area contributed by atoms with Crippen LogP contribution in [-0.4, -0.2) is 21.5 Å². The Morgan fingerprint density at radius 3 is 2.58 bits per heavy atom. The van der Waals surface area contributed by atoms with E-state index in [9.17, 15) is 8.42 Å². The Balaban J connectivity index is 1.63. The quantitative estimate of drug-likeness (QED) is 0.839. The maximum Gasteiger partial charge on any atom is 0.231 e. The lowest BCUT2D eigenvalue weighted by Gasteiger charge is -2.16. The van der Waals surface area contributed by atoms with E-state index < -0.39 is 10.0 Å². The minimum Gasteiger partial charge on any atom is -0.454 e. The van der Waals surface area contributed by atoms with Crippen LogP contribution in [-0.2, 0) is 16.6 Å². The van der Waals surface area contributed by atoms with Crippen LogP contribution in [0.2, 0.25) is 0 Å². The number of ether oxygens (including phenoxy) is 2. The molecule has 0 aromatic heterocycles. The zero-order chi connectivity index (χ0) is 17.2.